The Morgan fingerprint density at radius 1 is 1.15 bits per heavy atom. The van der Waals surface area contributed by atoms with Crippen molar-refractivity contribution < 1.29 is 9.59 Å². The fourth-order valence-electron chi connectivity index (χ4n) is 2.53. The lowest BCUT2D eigenvalue weighted by atomic mass is 10.00. The van der Waals surface area contributed by atoms with Gasteiger partial charge in [0.05, 0.1) is 11.8 Å². The molecule has 2 unspecified atom stereocenters. The predicted molar refractivity (Wildman–Crippen MR) is 47.8 cm³/mol. The Bertz CT molecular complexity index is 238. The van der Waals surface area contributed by atoms with Gasteiger partial charge in [-0.3, -0.25) is 14.5 Å². The zero-order valence-electron chi connectivity index (χ0n) is 8.12. The van der Waals surface area contributed by atoms with Crippen LogP contribution in [0.4, 0.5) is 0 Å². The van der Waals surface area contributed by atoms with Crippen LogP contribution in [0.2, 0.25) is 0 Å². The highest BCUT2D eigenvalue weighted by molar-refractivity contribution is 6.05. The largest absolute Gasteiger partial charge is 0.280 e. The van der Waals surface area contributed by atoms with Gasteiger partial charge in [0.25, 0.3) is 0 Å². The van der Waals surface area contributed by atoms with Gasteiger partial charge in [-0.15, -0.1) is 0 Å². The van der Waals surface area contributed by atoms with E-state index in [-0.39, 0.29) is 29.7 Å². The van der Waals surface area contributed by atoms with Gasteiger partial charge in [0.15, 0.2) is 0 Å². The van der Waals surface area contributed by atoms with E-state index in [1.807, 2.05) is 13.8 Å². The van der Waals surface area contributed by atoms with Crippen LogP contribution in [0.1, 0.15) is 33.1 Å². The number of carbonyl (C=O) groups is 2. The third-order valence-electron chi connectivity index (χ3n) is 3.14. The number of rotatable bonds is 1. The Balaban J connectivity index is 2.26. The van der Waals surface area contributed by atoms with Crippen LogP contribution in [0.15, 0.2) is 0 Å². The van der Waals surface area contributed by atoms with Gasteiger partial charge in [-0.1, -0.05) is 6.42 Å². The van der Waals surface area contributed by atoms with E-state index in [1.165, 1.54) is 4.90 Å². The Morgan fingerprint density at radius 2 is 1.62 bits per heavy atom. The highest BCUT2D eigenvalue weighted by Gasteiger charge is 2.50. The van der Waals surface area contributed by atoms with E-state index in [9.17, 15) is 9.59 Å². The molecule has 2 atom stereocenters. The van der Waals surface area contributed by atoms with Crippen molar-refractivity contribution in [3.63, 3.8) is 0 Å². The van der Waals surface area contributed by atoms with Gasteiger partial charge in [0.1, 0.15) is 0 Å². The summed E-state index contributed by atoms with van der Waals surface area (Å²) in [5.74, 6) is 0.190. The number of carbonyl (C=O) groups excluding carboxylic acids is 2. The fraction of sp³-hybridized carbons (Fsp3) is 0.800. The predicted octanol–water partition coefficient (Wildman–Crippen LogP) is 1.18. The minimum atomic E-state index is 0.0231. The molecular formula is C10H15NO2. The van der Waals surface area contributed by atoms with E-state index in [2.05, 4.69) is 0 Å². The van der Waals surface area contributed by atoms with Gasteiger partial charge in [-0.05, 0) is 26.7 Å². The second-order valence-corrected chi connectivity index (χ2v) is 4.28. The summed E-state index contributed by atoms with van der Waals surface area (Å²) in [5.41, 5.74) is 0. The topological polar surface area (TPSA) is 37.4 Å². The third-order valence-corrected chi connectivity index (χ3v) is 3.14. The summed E-state index contributed by atoms with van der Waals surface area (Å²) in [7, 11) is 0. The molecule has 0 N–H and O–H groups in total. The van der Waals surface area contributed by atoms with Crippen LogP contribution in [-0.2, 0) is 9.59 Å². The lowest BCUT2D eigenvalue weighted by Gasteiger charge is -2.19. The van der Waals surface area contributed by atoms with Crippen LogP contribution >= 0.6 is 0 Å². The highest BCUT2D eigenvalue weighted by Crippen LogP contribution is 2.40. The molecule has 2 rings (SSSR count). The van der Waals surface area contributed by atoms with E-state index in [0.717, 1.165) is 19.3 Å². The van der Waals surface area contributed by atoms with Gasteiger partial charge < -0.3 is 0 Å². The van der Waals surface area contributed by atoms with Crippen LogP contribution in [-0.4, -0.2) is 22.8 Å². The highest BCUT2D eigenvalue weighted by atomic mass is 16.2. The molecule has 0 aromatic rings. The van der Waals surface area contributed by atoms with Crippen molar-refractivity contribution in [2.75, 3.05) is 0 Å². The van der Waals surface area contributed by atoms with E-state index in [1.54, 1.807) is 0 Å². The summed E-state index contributed by atoms with van der Waals surface area (Å²) in [5, 5.41) is 0. The van der Waals surface area contributed by atoms with Gasteiger partial charge in [0.2, 0.25) is 11.8 Å². The zero-order valence-corrected chi connectivity index (χ0v) is 8.12. The molecule has 0 radical (unpaired) electrons. The Kier molecular flexibility index (Phi) is 1.90. The molecule has 0 aromatic carbocycles. The monoisotopic (exact) mass is 181 g/mol. The molecule has 1 aliphatic carbocycles. The first kappa shape index (κ1) is 8.73. The van der Waals surface area contributed by atoms with Crippen molar-refractivity contribution in [2.24, 2.45) is 11.8 Å². The van der Waals surface area contributed by atoms with E-state index >= 15 is 0 Å². The summed E-state index contributed by atoms with van der Waals surface area (Å²) in [6.45, 7) is 3.80. The Labute approximate surface area is 78.1 Å². The smallest absolute Gasteiger partial charge is 0.233 e. The average Bonchev–Trinajstić information content (AvgIpc) is 2.56. The van der Waals surface area contributed by atoms with E-state index < -0.39 is 0 Å². The molecule has 2 amide bonds. The normalized spacial score (nSPS) is 33.3. The summed E-state index contributed by atoms with van der Waals surface area (Å²) < 4.78 is 0. The molecule has 3 heteroatoms. The van der Waals surface area contributed by atoms with Crippen LogP contribution < -0.4 is 0 Å². The molecule has 1 saturated heterocycles. The van der Waals surface area contributed by atoms with Crippen molar-refractivity contribution in [2.45, 2.75) is 39.2 Å². The summed E-state index contributed by atoms with van der Waals surface area (Å²) in [6, 6.07) is 0.0330. The first-order valence-corrected chi connectivity index (χ1v) is 5.00. The first-order chi connectivity index (χ1) is 6.13. The molecule has 3 nitrogen and oxygen atoms in total. The van der Waals surface area contributed by atoms with Crippen molar-refractivity contribution in [1.29, 1.82) is 0 Å². The van der Waals surface area contributed by atoms with Crippen molar-refractivity contribution >= 4 is 11.8 Å². The second-order valence-electron chi connectivity index (χ2n) is 4.28. The SMILES string of the molecule is CC(C)N1C(=O)C2CCCC2C1=O. The lowest BCUT2D eigenvalue weighted by Crippen LogP contribution is -2.37. The number of amides is 2. The third kappa shape index (κ3) is 1.10. The quantitative estimate of drug-likeness (QED) is 0.570. The summed E-state index contributed by atoms with van der Waals surface area (Å²) in [4.78, 5) is 24.9. The minimum absolute atomic E-state index is 0.0231. The van der Waals surface area contributed by atoms with Crippen molar-refractivity contribution in [3.05, 3.63) is 0 Å². The molecule has 0 aromatic heterocycles. The molecule has 2 aliphatic rings. The number of fused-ring (bicyclic) bond motifs is 1. The first-order valence-electron chi connectivity index (χ1n) is 5.00. The Hall–Kier alpha value is -0.860. The van der Waals surface area contributed by atoms with Gasteiger partial charge in [-0.25, -0.2) is 0 Å². The van der Waals surface area contributed by atoms with Crippen LogP contribution in [0.25, 0.3) is 0 Å². The molecule has 0 spiro atoms. The zero-order chi connectivity index (χ0) is 9.59. The maximum Gasteiger partial charge on any atom is 0.233 e. The number of likely N-dealkylation sites (tertiary alicyclic amines) is 1. The average molecular weight is 181 g/mol. The number of hydrogen-bond acceptors (Lipinski definition) is 2. The molecule has 2 fully saturated rings. The van der Waals surface area contributed by atoms with E-state index in [0.29, 0.717) is 0 Å². The second kappa shape index (κ2) is 2.82. The molecule has 13 heavy (non-hydrogen) atoms. The van der Waals surface area contributed by atoms with Crippen LogP contribution in [0.5, 0.6) is 0 Å². The minimum Gasteiger partial charge on any atom is -0.280 e. The molecular weight excluding hydrogens is 166 g/mol. The standard InChI is InChI=1S/C10H15NO2/c1-6(2)11-9(12)7-4-3-5-8(7)10(11)13/h6-8H,3-5H2,1-2H3. The number of hydrogen-bond donors (Lipinski definition) is 0. The maximum atomic E-state index is 11.7. The molecule has 72 valence electrons. The Morgan fingerprint density at radius 3 is 2.00 bits per heavy atom. The van der Waals surface area contributed by atoms with Gasteiger partial charge in [0, 0.05) is 6.04 Å². The number of nitrogens with zero attached hydrogens (tertiary/aromatic N) is 1. The molecule has 1 aliphatic heterocycles. The van der Waals surface area contributed by atoms with Crippen LogP contribution in [0.3, 0.4) is 0 Å². The van der Waals surface area contributed by atoms with E-state index in [4.69, 9.17) is 0 Å². The maximum absolute atomic E-state index is 11.7. The fourth-order valence-corrected chi connectivity index (χ4v) is 2.53. The van der Waals surface area contributed by atoms with Crippen molar-refractivity contribution in [1.82, 2.24) is 4.90 Å². The molecule has 1 saturated carbocycles. The van der Waals surface area contributed by atoms with Gasteiger partial charge in [-0.2, -0.15) is 0 Å². The van der Waals surface area contributed by atoms with Crippen molar-refractivity contribution in [3.8, 4) is 0 Å². The summed E-state index contributed by atoms with van der Waals surface area (Å²) in [6.07, 6.45) is 2.87. The molecule has 1 heterocycles. The summed E-state index contributed by atoms with van der Waals surface area (Å²) >= 11 is 0. The number of imide groups is 1. The van der Waals surface area contributed by atoms with Gasteiger partial charge >= 0.3 is 0 Å². The van der Waals surface area contributed by atoms with Crippen LogP contribution in [0, 0.1) is 11.8 Å². The molecule has 0 bridgehead atoms. The lowest BCUT2D eigenvalue weighted by molar-refractivity contribution is -0.142.